The van der Waals surface area contributed by atoms with Crippen LogP contribution in [0.2, 0.25) is 0 Å². The number of rotatable bonds is 4. The van der Waals surface area contributed by atoms with Crippen molar-refractivity contribution >= 4 is 5.97 Å². The van der Waals surface area contributed by atoms with Crippen molar-refractivity contribution in [2.45, 2.75) is 13.0 Å². The first kappa shape index (κ1) is 12.3. The van der Waals surface area contributed by atoms with Gasteiger partial charge in [-0.1, -0.05) is 30.3 Å². The van der Waals surface area contributed by atoms with Crippen LogP contribution in [0.3, 0.4) is 0 Å². The number of aromatic amines is 1. The molecule has 0 spiro atoms. The second-order valence-electron chi connectivity index (χ2n) is 3.65. The predicted molar refractivity (Wildman–Crippen MR) is 64.8 cm³/mol. The van der Waals surface area contributed by atoms with Crippen LogP contribution in [0.1, 0.15) is 35.0 Å². The fourth-order valence-corrected chi connectivity index (χ4v) is 1.52. The molecule has 3 N–H and O–H groups in total. The van der Waals surface area contributed by atoms with Crippen LogP contribution in [0.15, 0.2) is 30.3 Å². The van der Waals surface area contributed by atoms with E-state index in [1.807, 2.05) is 30.3 Å². The highest BCUT2D eigenvalue weighted by Crippen LogP contribution is 2.15. The largest absolute Gasteiger partial charge is 0.460 e. The first-order chi connectivity index (χ1) is 8.72. The van der Waals surface area contributed by atoms with Crippen LogP contribution < -0.4 is 5.73 Å². The Morgan fingerprint density at radius 2 is 2.17 bits per heavy atom. The van der Waals surface area contributed by atoms with Gasteiger partial charge in [0.2, 0.25) is 0 Å². The van der Waals surface area contributed by atoms with E-state index in [1.165, 1.54) is 0 Å². The molecule has 2 rings (SSSR count). The summed E-state index contributed by atoms with van der Waals surface area (Å²) in [7, 11) is 0. The molecule has 0 aliphatic carbocycles. The standard InChI is InChI=1S/C12H14N4O2/c1-2-18-12(17)11-14-10(15-16-11)9(13)8-6-4-3-5-7-8/h3-7,9H,2,13H2,1H3,(H,14,15,16). The number of H-pyrrole nitrogens is 1. The van der Waals surface area contributed by atoms with E-state index >= 15 is 0 Å². The number of carbonyl (C=O) groups is 1. The minimum Gasteiger partial charge on any atom is -0.460 e. The number of benzene rings is 1. The minimum atomic E-state index is -0.555. The molecule has 1 unspecified atom stereocenters. The van der Waals surface area contributed by atoms with Crippen molar-refractivity contribution in [2.75, 3.05) is 6.61 Å². The summed E-state index contributed by atoms with van der Waals surface area (Å²) in [5, 5.41) is 6.45. The number of hydrogen-bond donors (Lipinski definition) is 2. The number of esters is 1. The first-order valence-corrected chi connectivity index (χ1v) is 5.62. The third kappa shape index (κ3) is 2.54. The van der Waals surface area contributed by atoms with Gasteiger partial charge in [0.15, 0.2) is 0 Å². The molecular formula is C12H14N4O2. The molecule has 0 saturated heterocycles. The van der Waals surface area contributed by atoms with E-state index in [4.69, 9.17) is 10.5 Å². The molecule has 0 amide bonds. The van der Waals surface area contributed by atoms with Gasteiger partial charge >= 0.3 is 5.97 Å². The second-order valence-corrected chi connectivity index (χ2v) is 3.65. The summed E-state index contributed by atoms with van der Waals surface area (Å²) >= 11 is 0. The molecule has 2 aromatic rings. The van der Waals surface area contributed by atoms with Gasteiger partial charge < -0.3 is 10.5 Å². The van der Waals surface area contributed by atoms with Crippen molar-refractivity contribution in [3.8, 4) is 0 Å². The Bertz CT molecular complexity index is 524. The number of carbonyl (C=O) groups excluding carboxylic acids is 1. The quantitative estimate of drug-likeness (QED) is 0.786. The maximum absolute atomic E-state index is 11.4. The highest BCUT2D eigenvalue weighted by molar-refractivity contribution is 5.84. The van der Waals surface area contributed by atoms with Crippen LogP contribution in [-0.2, 0) is 4.74 Å². The van der Waals surface area contributed by atoms with Crippen LogP contribution in [0, 0.1) is 0 Å². The molecule has 94 valence electrons. The Morgan fingerprint density at radius 3 is 2.83 bits per heavy atom. The van der Waals surface area contributed by atoms with Crippen molar-refractivity contribution in [1.29, 1.82) is 0 Å². The second kappa shape index (κ2) is 5.42. The lowest BCUT2D eigenvalue weighted by molar-refractivity contribution is 0.0512. The number of nitrogens with two attached hydrogens (primary N) is 1. The lowest BCUT2D eigenvalue weighted by Crippen LogP contribution is -2.14. The molecule has 0 bridgehead atoms. The minimum absolute atomic E-state index is 0.00164. The highest BCUT2D eigenvalue weighted by Gasteiger charge is 2.18. The van der Waals surface area contributed by atoms with E-state index in [2.05, 4.69) is 15.2 Å². The van der Waals surface area contributed by atoms with Gasteiger partial charge in [-0.15, -0.1) is 5.10 Å². The van der Waals surface area contributed by atoms with E-state index in [1.54, 1.807) is 6.92 Å². The molecular weight excluding hydrogens is 232 g/mol. The average Bonchev–Trinajstić information content (AvgIpc) is 2.89. The molecule has 6 nitrogen and oxygen atoms in total. The molecule has 0 aliphatic rings. The molecule has 1 atom stereocenters. The third-order valence-corrected chi connectivity index (χ3v) is 2.41. The molecule has 0 fully saturated rings. The zero-order valence-corrected chi connectivity index (χ0v) is 9.96. The summed E-state index contributed by atoms with van der Waals surface area (Å²) in [6, 6.07) is 9.01. The summed E-state index contributed by atoms with van der Waals surface area (Å²) in [5.41, 5.74) is 6.91. The number of nitrogens with zero attached hydrogens (tertiary/aromatic N) is 2. The van der Waals surface area contributed by atoms with Gasteiger partial charge in [-0.3, -0.25) is 5.10 Å². The normalized spacial score (nSPS) is 12.1. The van der Waals surface area contributed by atoms with Crippen molar-refractivity contribution in [1.82, 2.24) is 15.2 Å². The molecule has 1 aromatic heterocycles. The van der Waals surface area contributed by atoms with E-state index in [-0.39, 0.29) is 12.4 Å². The van der Waals surface area contributed by atoms with Crippen molar-refractivity contribution in [3.05, 3.63) is 47.5 Å². The Morgan fingerprint density at radius 1 is 1.44 bits per heavy atom. The Hall–Kier alpha value is -2.21. The zero-order chi connectivity index (χ0) is 13.0. The van der Waals surface area contributed by atoms with Gasteiger partial charge in [0, 0.05) is 0 Å². The fraction of sp³-hybridized carbons (Fsp3) is 0.250. The molecule has 0 saturated carbocycles. The monoisotopic (exact) mass is 246 g/mol. The summed E-state index contributed by atoms with van der Waals surface area (Å²) in [6.07, 6.45) is 0. The van der Waals surface area contributed by atoms with E-state index < -0.39 is 12.0 Å². The van der Waals surface area contributed by atoms with Crippen LogP contribution in [0.4, 0.5) is 0 Å². The maximum atomic E-state index is 11.4. The van der Waals surface area contributed by atoms with Gasteiger partial charge in [0.1, 0.15) is 5.82 Å². The molecule has 18 heavy (non-hydrogen) atoms. The van der Waals surface area contributed by atoms with Crippen molar-refractivity contribution < 1.29 is 9.53 Å². The van der Waals surface area contributed by atoms with Crippen LogP contribution in [-0.4, -0.2) is 27.8 Å². The number of hydrogen-bond acceptors (Lipinski definition) is 5. The van der Waals surface area contributed by atoms with Crippen molar-refractivity contribution in [3.63, 3.8) is 0 Å². The summed E-state index contributed by atoms with van der Waals surface area (Å²) < 4.78 is 4.80. The molecule has 0 radical (unpaired) electrons. The van der Waals surface area contributed by atoms with Crippen LogP contribution in [0.25, 0.3) is 0 Å². The van der Waals surface area contributed by atoms with E-state index in [9.17, 15) is 4.79 Å². The highest BCUT2D eigenvalue weighted by atomic mass is 16.5. The third-order valence-electron chi connectivity index (χ3n) is 2.41. The van der Waals surface area contributed by atoms with E-state index in [0.29, 0.717) is 5.82 Å². The lowest BCUT2D eigenvalue weighted by Gasteiger charge is -2.07. The average molecular weight is 246 g/mol. The molecule has 1 aromatic carbocycles. The van der Waals surface area contributed by atoms with Gasteiger partial charge in [-0.05, 0) is 12.5 Å². The van der Waals surface area contributed by atoms with Crippen LogP contribution >= 0.6 is 0 Å². The molecule has 0 aliphatic heterocycles. The predicted octanol–water partition coefficient (Wildman–Crippen LogP) is 1.03. The number of ether oxygens (including phenoxy) is 1. The first-order valence-electron chi connectivity index (χ1n) is 5.62. The van der Waals surface area contributed by atoms with E-state index in [0.717, 1.165) is 5.56 Å². The van der Waals surface area contributed by atoms with Crippen molar-refractivity contribution in [2.24, 2.45) is 5.73 Å². The van der Waals surface area contributed by atoms with Gasteiger partial charge in [0.05, 0.1) is 12.6 Å². The smallest absolute Gasteiger partial charge is 0.378 e. The Balaban J connectivity index is 2.17. The topological polar surface area (TPSA) is 93.9 Å². The fourth-order valence-electron chi connectivity index (χ4n) is 1.52. The molecule has 6 heteroatoms. The number of nitrogens with one attached hydrogen (secondary N) is 1. The van der Waals surface area contributed by atoms with Gasteiger partial charge in [-0.2, -0.15) is 0 Å². The van der Waals surface area contributed by atoms with Gasteiger partial charge in [0.25, 0.3) is 5.82 Å². The summed E-state index contributed by atoms with van der Waals surface area (Å²) in [4.78, 5) is 15.4. The zero-order valence-electron chi connectivity index (χ0n) is 9.96. The van der Waals surface area contributed by atoms with Crippen LogP contribution in [0.5, 0.6) is 0 Å². The molecule has 1 heterocycles. The maximum Gasteiger partial charge on any atom is 0.378 e. The lowest BCUT2D eigenvalue weighted by atomic mass is 10.1. The number of aromatic nitrogens is 3. The summed E-state index contributed by atoms with van der Waals surface area (Å²) in [6.45, 7) is 2.01. The Kier molecular flexibility index (Phi) is 3.69. The van der Waals surface area contributed by atoms with Gasteiger partial charge in [-0.25, -0.2) is 9.78 Å². The summed E-state index contributed by atoms with van der Waals surface area (Å²) in [5.74, 6) is -0.122. The SMILES string of the molecule is CCOC(=O)c1n[nH]c(C(N)c2ccccc2)n1. The Labute approximate surface area is 104 Å².